The standard InChI is InChI=1S/C39H48N4O4S/c1-5-6-7-8-9-22-47-32-16-14-28(15-17-32)30-24-40-36(41-25-30)29-12-10-27(11-13-29)23-33(38(46)43-21-20-31(44)26-43)42-37(45)34-18-19-35(48-34)39(2,3)4/h10-19,24-25,31,33,44H,5-9,20-23,26H2,1-4H3,(H,42,45). The number of amides is 2. The summed E-state index contributed by atoms with van der Waals surface area (Å²) in [5.74, 6) is 1.03. The van der Waals surface area contributed by atoms with Gasteiger partial charge >= 0.3 is 0 Å². The number of hydrogen-bond donors (Lipinski definition) is 2. The van der Waals surface area contributed by atoms with Gasteiger partial charge in [-0.1, -0.05) is 89.8 Å². The Morgan fingerprint density at radius 1 is 0.938 bits per heavy atom. The van der Waals surface area contributed by atoms with Gasteiger partial charge in [-0.15, -0.1) is 11.3 Å². The third-order valence-corrected chi connectivity index (χ3v) is 10.2. The van der Waals surface area contributed by atoms with E-state index in [0.29, 0.717) is 30.1 Å². The minimum Gasteiger partial charge on any atom is -0.494 e. The summed E-state index contributed by atoms with van der Waals surface area (Å²) in [5, 5.41) is 13.0. The number of aliphatic hydroxyl groups excluding tert-OH is 1. The van der Waals surface area contributed by atoms with E-state index in [1.54, 1.807) is 4.90 Å². The van der Waals surface area contributed by atoms with Crippen molar-refractivity contribution in [2.75, 3.05) is 19.7 Å². The molecule has 0 saturated carbocycles. The highest BCUT2D eigenvalue weighted by Gasteiger charge is 2.32. The van der Waals surface area contributed by atoms with Gasteiger partial charge in [0.2, 0.25) is 5.91 Å². The number of nitrogens with zero attached hydrogens (tertiary/aromatic N) is 3. The zero-order valence-corrected chi connectivity index (χ0v) is 29.4. The summed E-state index contributed by atoms with van der Waals surface area (Å²) in [6, 6.07) is 18.9. The largest absolute Gasteiger partial charge is 0.494 e. The number of likely N-dealkylation sites (tertiary alicyclic amines) is 1. The van der Waals surface area contributed by atoms with E-state index < -0.39 is 12.1 Å². The van der Waals surface area contributed by atoms with E-state index >= 15 is 0 Å². The Hall–Kier alpha value is -4.08. The summed E-state index contributed by atoms with van der Waals surface area (Å²) in [6.45, 7) is 10.0. The van der Waals surface area contributed by atoms with Gasteiger partial charge in [-0.25, -0.2) is 9.97 Å². The Morgan fingerprint density at radius 2 is 1.62 bits per heavy atom. The minimum atomic E-state index is -0.757. The molecule has 9 heteroatoms. The van der Waals surface area contributed by atoms with Gasteiger partial charge < -0.3 is 20.1 Å². The Bertz CT molecular complexity index is 1630. The number of aromatic nitrogens is 2. The fourth-order valence-corrected chi connectivity index (χ4v) is 6.71. The SMILES string of the molecule is CCCCCCCOc1ccc(-c2cnc(-c3ccc(CC(NC(=O)c4ccc(C(C)(C)C)s4)C(=O)N4CCC(O)C4)cc3)nc2)cc1. The molecule has 8 nitrogen and oxygen atoms in total. The molecule has 2 aromatic carbocycles. The highest BCUT2D eigenvalue weighted by molar-refractivity contribution is 7.14. The average molecular weight is 669 g/mol. The molecule has 5 rings (SSSR count). The van der Waals surface area contributed by atoms with Gasteiger partial charge in [0.25, 0.3) is 5.91 Å². The van der Waals surface area contributed by atoms with Crippen LogP contribution in [-0.2, 0) is 16.6 Å². The van der Waals surface area contributed by atoms with Gasteiger partial charge in [-0.2, -0.15) is 0 Å². The van der Waals surface area contributed by atoms with Crippen LogP contribution in [0.3, 0.4) is 0 Å². The van der Waals surface area contributed by atoms with E-state index in [4.69, 9.17) is 4.74 Å². The first-order chi connectivity index (χ1) is 23.1. The molecule has 0 spiro atoms. The van der Waals surface area contributed by atoms with Gasteiger partial charge in [0.05, 0.1) is 17.6 Å². The molecule has 48 heavy (non-hydrogen) atoms. The Labute approximate surface area is 288 Å². The van der Waals surface area contributed by atoms with E-state index in [1.165, 1.54) is 37.0 Å². The van der Waals surface area contributed by atoms with E-state index in [9.17, 15) is 14.7 Å². The number of benzene rings is 2. The number of thiophene rings is 1. The Morgan fingerprint density at radius 3 is 2.25 bits per heavy atom. The fourth-order valence-electron chi connectivity index (χ4n) is 5.75. The van der Waals surface area contributed by atoms with Crippen LogP contribution in [0.2, 0.25) is 0 Å². The molecule has 1 fully saturated rings. The van der Waals surface area contributed by atoms with Crippen molar-refractivity contribution in [3.8, 4) is 28.3 Å². The van der Waals surface area contributed by atoms with E-state index in [0.717, 1.165) is 45.9 Å². The van der Waals surface area contributed by atoms with Crippen molar-refractivity contribution in [1.29, 1.82) is 0 Å². The minimum absolute atomic E-state index is 0.0659. The molecular weight excluding hydrogens is 621 g/mol. The molecule has 2 amide bonds. The van der Waals surface area contributed by atoms with Crippen molar-refractivity contribution in [2.24, 2.45) is 0 Å². The van der Waals surface area contributed by atoms with Crippen LogP contribution >= 0.6 is 11.3 Å². The van der Waals surface area contributed by atoms with Crippen LogP contribution in [0, 0.1) is 0 Å². The number of hydrogen-bond acceptors (Lipinski definition) is 7. The fraction of sp³-hybridized carbons (Fsp3) is 0.436. The molecule has 0 radical (unpaired) electrons. The van der Waals surface area contributed by atoms with Crippen molar-refractivity contribution < 1.29 is 19.4 Å². The number of β-amino-alcohol motifs (C(OH)–C–C–N with tert-alkyl or cyclic N) is 1. The first-order valence-corrected chi connectivity index (χ1v) is 17.9. The van der Waals surface area contributed by atoms with Crippen LogP contribution in [0.25, 0.3) is 22.5 Å². The quantitative estimate of drug-likeness (QED) is 0.135. The second-order valence-corrected chi connectivity index (χ2v) is 14.7. The molecule has 0 bridgehead atoms. The third-order valence-electron chi connectivity index (χ3n) is 8.66. The Kier molecular flexibility index (Phi) is 12.0. The topological polar surface area (TPSA) is 105 Å². The lowest BCUT2D eigenvalue weighted by Gasteiger charge is -2.24. The average Bonchev–Trinajstić information content (AvgIpc) is 3.77. The summed E-state index contributed by atoms with van der Waals surface area (Å²) in [7, 11) is 0. The molecular formula is C39H48N4O4S. The second kappa shape index (κ2) is 16.3. The molecule has 3 heterocycles. The summed E-state index contributed by atoms with van der Waals surface area (Å²) in [4.78, 5) is 39.4. The smallest absolute Gasteiger partial charge is 0.262 e. The molecule has 4 aromatic rings. The van der Waals surface area contributed by atoms with Gasteiger partial charge in [0.15, 0.2) is 5.82 Å². The van der Waals surface area contributed by atoms with Crippen molar-refractivity contribution in [2.45, 2.75) is 90.2 Å². The molecule has 2 unspecified atom stereocenters. The Balaban J connectivity index is 1.21. The lowest BCUT2D eigenvalue weighted by Crippen LogP contribution is -2.49. The van der Waals surface area contributed by atoms with Crippen LogP contribution in [0.15, 0.2) is 73.1 Å². The van der Waals surface area contributed by atoms with Crippen LogP contribution in [-0.4, -0.2) is 63.6 Å². The van der Waals surface area contributed by atoms with Gasteiger partial charge in [-0.05, 0) is 53.6 Å². The predicted octanol–water partition coefficient (Wildman–Crippen LogP) is 7.45. The van der Waals surface area contributed by atoms with Gasteiger partial charge in [-0.3, -0.25) is 9.59 Å². The highest BCUT2D eigenvalue weighted by Crippen LogP contribution is 2.30. The van der Waals surface area contributed by atoms with E-state index in [1.807, 2.05) is 73.1 Å². The first kappa shape index (κ1) is 35.2. The highest BCUT2D eigenvalue weighted by atomic mass is 32.1. The van der Waals surface area contributed by atoms with E-state index in [2.05, 4.69) is 43.0 Å². The third kappa shape index (κ3) is 9.51. The maximum absolute atomic E-state index is 13.5. The number of rotatable bonds is 14. The molecule has 1 aliphatic rings. The molecule has 254 valence electrons. The maximum Gasteiger partial charge on any atom is 0.262 e. The number of carbonyl (C=O) groups is 2. The van der Waals surface area contributed by atoms with Crippen LogP contribution < -0.4 is 10.1 Å². The molecule has 1 aliphatic heterocycles. The maximum atomic E-state index is 13.5. The van der Waals surface area contributed by atoms with Crippen molar-refractivity contribution in [1.82, 2.24) is 20.2 Å². The molecule has 2 atom stereocenters. The predicted molar refractivity (Wildman–Crippen MR) is 192 cm³/mol. The van der Waals surface area contributed by atoms with Crippen molar-refractivity contribution >= 4 is 23.2 Å². The normalized spacial score (nSPS) is 15.4. The lowest BCUT2D eigenvalue weighted by atomic mass is 9.95. The number of unbranched alkanes of at least 4 members (excludes halogenated alkanes) is 4. The first-order valence-electron chi connectivity index (χ1n) is 17.1. The zero-order chi connectivity index (χ0) is 34.1. The van der Waals surface area contributed by atoms with Crippen LogP contribution in [0.1, 0.15) is 86.3 Å². The van der Waals surface area contributed by atoms with Gasteiger partial charge in [0, 0.05) is 47.9 Å². The van der Waals surface area contributed by atoms with E-state index in [-0.39, 0.29) is 23.8 Å². The molecule has 2 aromatic heterocycles. The monoisotopic (exact) mass is 668 g/mol. The van der Waals surface area contributed by atoms with Crippen molar-refractivity contribution in [3.05, 3.63) is 88.4 Å². The molecule has 2 N–H and O–H groups in total. The number of nitrogens with one attached hydrogen (secondary N) is 1. The van der Waals surface area contributed by atoms with Gasteiger partial charge in [0.1, 0.15) is 11.8 Å². The van der Waals surface area contributed by atoms with Crippen LogP contribution in [0.4, 0.5) is 0 Å². The summed E-state index contributed by atoms with van der Waals surface area (Å²) in [6.07, 6.45) is 10.0. The number of aliphatic hydroxyl groups is 1. The molecule has 1 saturated heterocycles. The number of carbonyl (C=O) groups excluding carboxylic acids is 2. The van der Waals surface area contributed by atoms with Crippen molar-refractivity contribution in [3.63, 3.8) is 0 Å². The number of ether oxygens (including phenoxy) is 1. The molecule has 0 aliphatic carbocycles. The van der Waals surface area contributed by atoms with Crippen LogP contribution in [0.5, 0.6) is 5.75 Å². The zero-order valence-electron chi connectivity index (χ0n) is 28.6. The second-order valence-electron chi connectivity index (χ2n) is 13.7. The summed E-state index contributed by atoms with van der Waals surface area (Å²) >= 11 is 1.45. The lowest BCUT2D eigenvalue weighted by molar-refractivity contribution is -0.132. The summed E-state index contributed by atoms with van der Waals surface area (Å²) < 4.78 is 5.90. The summed E-state index contributed by atoms with van der Waals surface area (Å²) in [5.41, 5.74) is 3.64.